The van der Waals surface area contributed by atoms with Gasteiger partial charge in [-0.15, -0.1) is 0 Å². The van der Waals surface area contributed by atoms with Gasteiger partial charge < -0.3 is 9.64 Å². The van der Waals surface area contributed by atoms with Crippen molar-refractivity contribution in [2.75, 3.05) is 27.8 Å². The number of nitrogens with zero attached hydrogens (tertiary/aromatic N) is 2. The summed E-state index contributed by atoms with van der Waals surface area (Å²) < 4.78 is 7.44. The fraction of sp³-hybridized carbons (Fsp3) is 0.423. The smallest absolute Gasteiger partial charge is 0.209 e. The van der Waals surface area contributed by atoms with E-state index in [0.717, 1.165) is 5.02 Å². The summed E-state index contributed by atoms with van der Waals surface area (Å²) in [6.45, 7) is 11.9. The first-order chi connectivity index (χ1) is 14.0. The molecular formula is C26H34ClN2O+. The molecule has 3 rings (SSSR count). The number of methoxy groups -OCH3 is 1. The Balaban J connectivity index is 1.92. The number of ether oxygens (including phenoxy) is 1. The van der Waals surface area contributed by atoms with Crippen molar-refractivity contribution in [3.8, 4) is 0 Å². The highest BCUT2D eigenvalue weighted by Crippen LogP contribution is 2.46. The summed E-state index contributed by atoms with van der Waals surface area (Å²) in [4.78, 5) is 2.29. The average molecular weight is 426 g/mol. The Morgan fingerprint density at radius 1 is 1.13 bits per heavy atom. The second-order valence-electron chi connectivity index (χ2n) is 9.19. The molecule has 30 heavy (non-hydrogen) atoms. The molecule has 0 bridgehead atoms. The van der Waals surface area contributed by atoms with Crippen LogP contribution in [0.25, 0.3) is 0 Å². The zero-order valence-corrected chi connectivity index (χ0v) is 20.3. The lowest BCUT2D eigenvalue weighted by Crippen LogP contribution is -2.26. The van der Waals surface area contributed by atoms with Crippen LogP contribution >= 0.6 is 11.6 Å². The summed E-state index contributed by atoms with van der Waals surface area (Å²) in [6.07, 6.45) is 10.9. The van der Waals surface area contributed by atoms with E-state index in [4.69, 9.17) is 16.3 Å². The zero-order valence-electron chi connectivity index (χ0n) is 19.5. The highest BCUT2D eigenvalue weighted by molar-refractivity contribution is 6.30. The van der Waals surface area contributed by atoms with E-state index in [-0.39, 0.29) is 10.8 Å². The summed E-state index contributed by atoms with van der Waals surface area (Å²) in [5.74, 6) is 0. The number of allylic oxidation sites excluding steroid dienone is 5. The largest absolute Gasteiger partial charge is 0.381 e. The van der Waals surface area contributed by atoms with Gasteiger partial charge in [-0.25, -0.2) is 0 Å². The molecule has 2 heterocycles. The van der Waals surface area contributed by atoms with E-state index in [2.05, 4.69) is 101 Å². The minimum Gasteiger partial charge on any atom is -0.381 e. The van der Waals surface area contributed by atoms with E-state index < -0.39 is 0 Å². The number of hydrogen-bond acceptors (Lipinski definition) is 2. The third-order valence-corrected chi connectivity index (χ3v) is 6.96. The highest BCUT2D eigenvalue weighted by atomic mass is 35.5. The average Bonchev–Trinajstić information content (AvgIpc) is 2.96. The Morgan fingerprint density at radius 3 is 2.50 bits per heavy atom. The Bertz CT molecular complexity index is 1010. The molecule has 0 spiro atoms. The van der Waals surface area contributed by atoms with Gasteiger partial charge in [0, 0.05) is 53.7 Å². The van der Waals surface area contributed by atoms with Crippen molar-refractivity contribution in [1.29, 1.82) is 0 Å². The maximum absolute atomic E-state index is 6.28. The lowest BCUT2D eigenvalue weighted by Gasteiger charge is -2.25. The topological polar surface area (TPSA) is 15.5 Å². The Morgan fingerprint density at radius 2 is 1.83 bits per heavy atom. The Labute approximate surface area is 186 Å². The standard InChI is InChI=1S/C26H34ClN2O/c1-18-21(11-10-16-30-8)28(6)23(25(18,2)3)12-9-13-24-26(4,5)20-17-19(27)14-15-22(20)29(24)7/h9-15,17H,16H2,1-8H3/q+1. The van der Waals surface area contributed by atoms with Crippen molar-refractivity contribution in [3.63, 3.8) is 0 Å². The fourth-order valence-electron chi connectivity index (χ4n) is 4.66. The summed E-state index contributed by atoms with van der Waals surface area (Å²) >= 11 is 6.28. The molecule has 1 aromatic rings. The van der Waals surface area contributed by atoms with E-state index in [0.29, 0.717) is 6.61 Å². The first-order valence-electron chi connectivity index (χ1n) is 10.4. The minimum absolute atomic E-state index is 0.0237. The SMILES string of the molecule is COCC=CC1=C(C)C(C)(C)C(=CC=CC2=[N+](C)c3ccc(Cl)cc3C2(C)C)N1C. The third-order valence-electron chi connectivity index (χ3n) is 6.73. The van der Waals surface area contributed by atoms with Gasteiger partial charge in [0.25, 0.3) is 0 Å². The highest BCUT2D eigenvalue weighted by Gasteiger charge is 2.43. The molecule has 0 unspecified atom stereocenters. The predicted molar refractivity (Wildman–Crippen MR) is 128 cm³/mol. The molecule has 4 heteroatoms. The van der Waals surface area contributed by atoms with Gasteiger partial charge in [0.05, 0.1) is 12.0 Å². The van der Waals surface area contributed by atoms with Crippen molar-refractivity contribution in [2.24, 2.45) is 5.41 Å². The molecule has 1 aromatic carbocycles. The number of hydrogen-bond donors (Lipinski definition) is 0. The van der Waals surface area contributed by atoms with Crippen molar-refractivity contribution in [3.05, 3.63) is 76.1 Å². The monoisotopic (exact) mass is 425 g/mol. The second kappa shape index (κ2) is 8.20. The molecule has 0 saturated heterocycles. The molecule has 0 fully saturated rings. The van der Waals surface area contributed by atoms with E-state index in [1.54, 1.807) is 7.11 Å². The maximum Gasteiger partial charge on any atom is 0.209 e. The van der Waals surface area contributed by atoms with Gasteiger partial charge in [0.2, 0.25) is 5.69 Å². The minimum atomic E-state index is -0.0939. The lowest BCUT2D eigenvalue weighted by molar-refractivity contribution is -0.401. The molecule has 0 N–H and O–H groups in total. The molecule has 3 nitrogen and oxygen atoms in total. The van der Waals surface area contributed by atoms with Crippen LogP contribution in [0.5, 0.6) is 0 Å². The van der Waals surface area contributed by atoms with E-state index in [9.17, 15) is 0 Å². The number of fused-ring (bicyclic) bond motifs is 1. The summed E-state index contributed by atoms with van der Waals surface area (Å²) in [5.41, 5.74) is 7.53. The van der Waals surface area contributed by atoms with Crippen molar-refractivity contribution < 1.29 is 9.31 Å². The molecule has 0 saturated carbocycles. The maximum atomic E-state index is 6.28. The number of rotatable bonds is 5. The van der Waals surface area contributed by atoms with Crippen LogP contribution in [-0.4, -0.2) is 43.0 Å². The van der Waals surface area contributed by atoms with Gasteiger partial charge in [0.15, 0.2) is 5.71 Å². The first-order valence-corrected chi connectivity index (χ1v) is 10.8. The molecule has 0 atom stereocenters. The summed E-state index contributed by atoms with van der Waals surface area (Å²) in [6, 6.07) is 6.16. The number of halogens is 1. The molecule has 160 valence electrons. The van der Waals surface area contributed by atoms with Crippen molar-refractivity contribution in [2.45, 2.75) is 40.0 Å². The first kappa shape index (κ1) is 22.6. The summed E-state index contributed by atoms with van der Waals surface area (Å²) in [5, 5.41) is 0.785. The molecule has 0 aromatic heterocycles. The van der Waals surface area contributed by atoms with Crippen LogP contribution in [-0.2, 0) is 10.2 Å². The number of benzene rings is 1. The Hall–Kier alpha value is -2.10. The van der Waals surface area contributed by atoms with Crippen molar-refractivity contribution in [1.82, 2.24) is 4.90 Å². The number of likely N-dealkylation sites (N-methyl/N-ethyl adjacent to an activating group) is 1. The van der Waals surface area contributed by atoms with Crippen LogP contribution in [0.15, 0.2) is 65.5 Å². The van der Waals surface area contributed by atoms with Gasteiger partial charge in [-0.3, -0.25) is 0 Å². The molecule has 2 aliphatic heterocycles. The molecule has 2 aliphatic rings. The van der Waals surface area contributed by atoms with E-state index in [1.807, 2.05) is 6.07 Å². The third kappa shape index (κ3) is 3.70. The molecule has 0 amide bonds. The van der Waals surface area contributed by atoms with Crippen LogP contribution in [0.2, 0.25) is 5.02 Å². The second-order valence-corrected chi connectivity index (χ2v) is 9.63. The van der Waals surface area contributed by atoms with Crippen LogP contribution < -0.4 is 0 Å². The van der Waals surface area contributed by atoms with Gasteiger partial charge >= 0.3 is 0 Å². The Kier molecular flexibility index (Phi) is 6.18. The fourth-order valence-corrected chi connectivity index (χ4v) is 4.84. The molecule has 0 aliphatic carbocycles. The van der Waals surface area contributed by atoms with Crippen LogP contribution in [0.1, 0.15) is 40.2 Å². The van der Waals surface area contributed by atoms with Crippen LogP contribution in [0.3, 0.4) is 0 Å². The lowest BCUT2D eigenvalue weighted by atomic mass is 9.81. The van der Waals surface area contributed by atoms with Gasteiger partial charge in [-0.05, 0) is 50.6 Å². The van der Waals surface area contributed by atoms with Crippen LogP contribution in [0.4, 0.5) is 5.69 Å². The quantitative estimate of drug-likeness (QED) is 0.519. The van der Waals surface area contributed by atoms with E-state index >= 15 is 0 Å². The van der Waals surface area contributed by atoms with Crippen molar-refractivity contribution >= 4 is 23.0 Å². The van der Waals surface area contributed by atoms with Gasteiger partial charge in [-0.2, -0.15) is 4.58 Å². The molecule has 0 radical (unpaired) electrons. The van der Waals surface area contributed by atoms with Gasteiger partial charge in [0.1, 0.15) is 7.05 Å². The summed E-state index contributed by atoms with van der Waals surface area (Å²) in [7, 11) is 5.99. The predicted octanol–water partition coefficient (Wildman–Crippen LogP) is 6.23. The zero-order chi connectivity index (χ0) is 22.3. The molecular weight excluding hydrogens is 392 g/mol. The van der Waals surface area contributed by atoms with Gasteiger partial charge in [-0.1, -0.05) is 37.6 Å². The normalized spacial score (nSPS) is 21.8. The van der Waals surface area contributed by atoms with E-state index in [1.165, 1.54) is 33.9 Å². The van der Waals surface area contributed by atoms with Crippen LogP contribution in [0, 0.1) is 5.41 Å².